The Bertz CT molecular complexity index is 413. The van der Waals surface area contributed by atoms with Crippen molar-refractivity contribution in [2.24, 2.45) is 5.92 Å². The molecule has 0 aromatic carbocycles. The van der Waals surface area contributed by atoms with Crippen LogP contribution in [0.1, 0.15) is 24.6 Å². The molecule has 1 aromatic rings. The van der Waals surface area contributed by atoms with Crippen molar-refractivity contribution in [3.63, 3.8) is 0 Å². The number of thiophene rings is 1. The molecule has 19 heavy (non-hydrogen) atoms. The van der Waals surface area contributed by atoms with Gasteiger partial charge in [-0.05, 0) is 60.8 Å². The molecule has 6 heteroatoms. The maximum absolute atomic E-state index is 12.0. The number of carbonyl (C=O) groups is 1. The van der Waals surface area contributed by atoms with E-state index in [1.165, 1.54) is 4.88 Å². The summed E-state index contributed by atoms with van der Waals surface area (Å²) in [5.41, 5.74) is 0. The molecule has 0 unspecified atom stereocenters. The predicted molar refractivity (Wildman–Crippen MR) is 86.2 cm³/mol. The van der Waals surface area contributed by atoms with Gasteiger partial charge in [-0.2, -0.15) is 0 Å². The number of halogens is 2. The fourth-order valence-electron chi connectivity index (χ4n) is 2.31. The van der Waals surface area contributed by atoms with E-state index in [-0.39, 0.29) is 24.2 Å². The first-order valence-corrected chi connectivity index (χ1v) is 8.01. The number of nitrogens with one attached hydrogen (secondary N) is 2. The highest BCUT2D eigenvalue weighted by atomic mass is 79.9. The molecular weight excluding hydrogens is 348 g/mol. The predicted octanol–water partition coefficient (Wildman–Crippen LogP) is 2.98. The summed E-state index contributed by atoms with van der Waals surface area (Å²) in [6.45, 7) is 3.84. The summed E-state index contributed by atoms with van der Waals surface area (Å²) >= 11 is 5.18. The summed E-state index contributed by atoms with van der Waals surface area (Å²) in [7, 11) is 0. The van der Waals surface area contributed by atoms with Gasteiger partial charge in [0.25, 0.3) is 0 Å². The van der Waals surface area contributed by atoms with Gasteiger partial charge < -0.3 is 10.6 Å². The van der Waals surface area contributed by atoms with Crippen LogP contribution < -0.4 is 10.6 Å². The van der Waals surface area contributed by atoms with E-state index >= 15 is 0 Å². The molecule has 0 aliphatic carbocycles. The van der Waals surface area contributed by atoms with Gasteiger partial charge in [-0.1, -0.05) is 0 Å². The van der Waals surface area contributed by atoms with Crippen molar-refractivity contribution in [3.05, 3.63) is 20.8 Å². The zero-order valence-corrected chi connectivity index (χ0v) is 14.2. The number of carbonyl (C=O) groups excluding carboxylic acids is 1. The van der Waals surface area contributed by atoms with Gasteiger partial charge in [-0.25, -0.2) is 0 Å². The van der Waals surface area contributed by atoms with E-state index in [9.17, 15) is 4.79 Å². The van der Waals surface area contributed by atoms with Crippen molar-refractivity contribution < 1.29 is 4.79 Å². The lowest BCUT2D eigenvalue weighted by molar-refractivity contribution is -0.126. The lowest BCUT2D eigenvalue weighted by Gasteiger charge is -2.27. The van der Waals surface area contributed by atoms with Crippen LogP contribution in [0.2, 0.25) is 0 Å². The largest absolute Gasteiger partial charge is 0.355 e. The van der Waals surface area contributed by atoms with Crippen LogP contribution in [0.5, 0.6) is 0 Å². The molecule has 0 saturated carbocycles. The van der Waals surface area contributed by atoms with Gasteiger partial charge in [0.2, 0.25) is 5.91 Å². The van der Waals surface area contributed by atoms with Crippen LogP contribution in [-0.2, 0) is 11.2 Å². The van der Waals surface area contributed by atoms with Crippen molar-refractivity contribution >= 4 is 45.6 Å². The van der Waals surface area contributed by atoms with Crippen LogP contribution in [0.4, 0.5) is 0 Å². The molecule has 1 saturated heterocycles. The quantitative estimate of drug-likeness (QED) is 0.859. The Kier molecular flexibility index (Phi) is 7.36. The summed E-state index contributed by atoms with van der Waals surface area (Å²) < 4.78 is 1.15. The topological polar surface area (TPSA) is 41.1 Å². The van der Waals surface area contributed by atoms with Gasteiger partial charge in [-0.15, -0.1) is 23.7 Å². The molecule has 2 heterocycles. The minimum Gasteiger partial charge on any atom is -0.355 e. The van der Waals surface area contributed by atoms with Crippen molar-refractivity contribution in [2.75, 3.05) is 13.1 Å². The van der Waals surface area contributed by atoms with Gasteiger partial charge >= 0.3 is 0 Å². The first-order chi connectivity index (χ1) is 8.65. The highest BCUT2D eigenvalue weighted by molar-refractivity contribution is 9.11. The van der Waals surface area contributed by atoms with E-state index < -0.39 is 0 Å². The first kappa shape index (κ1) is 17.0. The molecule has 1 amide bonds. The number of piperidine rings is 1. The Morgan fingerprint density at radius 2 is 2.37 bits per heavy atom. The summed E-state index contributed by atoms with van der Waals surface area (Å²) in [5, 5.41) is 6.42. The van der Waals surface area contributed by atoms with E-state index in [2.05, 4.69) is 45.6 Å². The van der Waals surface area contributed by atoms with Gasteiger partial charge in [-0.3, -0.25) is 4.79 Å². The van der Waals surface area contributed by atoms with E-state index in [4.69, 9.17) is 0 Å². The molecule has 0 spiro atoms. The second-order valence-electron chi connectivity index (χ2n) is 4.82. The summed E-state index contributed by atoms with van der Waals surface area (Å²) in [6, 6.07) is 4.62. The van der Waals surface area contributed by atoms with Crippen LogP contribution in [0, 0.1) is 5.92 Å². The highest BCUT2D eigenvalue weighted by Gasteiger charge is 2.24. The first-order valence-electron chi connectivity index (χ1n) is 6.40. The normalized spacial score (nSPS) is 22.6. The van der Waals surface area contributed by atoms with Crippen LogP contribution in [0.15, 0.2) is 15.9 Å². The van der Waals surface area contributed by atoms with Crippen molar-refractivity contribution in [2.45, 2.75) is 32.2 Å². The average Bonchev–Trinajstić information content (AvgIpc) is 2.75. The molecule has 108 valence electrons. The fourth-order valence-corrected chi connectivity index (χ4v) is 3.79. The molecule has 3 nitrogen and oxygen atoms in total. The van der Waals surface area contributed by atoms with Crippen LogP contribution in [0.25, 0.3) is 0 Å². The van der Waals surface area contributed by atoms with E-state index in [0.717, 1.165) is 36.1 Å². The summed E-state index contributed by atoms with van der Waals surface area (Å²) in [4.78, 5) is 13.3. The van der Waals surface area contributed by atoms with Crippen molar-refractivity contribution in [1.82, 2.24) is 10.6 Å². The lowest BCUT2D eigenvalue weighted by Crippen LogP contribution is -2.42. The molecule has 0 radical (unpaired) electrons. The Morgan fingerprint density at radius 1 is 1.58 bits per heavy atom. The molecule has 2 atom stereocenters. The maximum atomic E-state index is 12.0. The number of hydrogen-bond donors (Lipinski definition) is 2. The van der Waals surface area contributed by atoms with Gasteiger partial charge in [0.1, 0.15) is 0 Å². The standard InChI is InChI=1S/C13H19BrN2OS.ClH/c1-9-8-10(4-6-15-9)13(17)16-7-5-11-2-3-12(14)18-11;/h2-3,9-10,15H,4-8H2,1H3,(H,16,17);1H/t9-,10-;/m0./s1. The third kappa shape index (κ3) is 5.42. The van der Waals surface area contributed by atoms with Crippen LogP contribution in [0.3, 0.4) is 0 Å². The zero-order valence-electron chi connectivity index (χ0n) is 10.9. The molecular formula is C13H20BrClN2OS. The maximum Gasteiger partial charge on any atom is 0.223 e. The highest BCUT2D eigenvalue weighted by Crippen LogP contribution is 2.22. The van der Waals surface area contributed by atoms with Crippen molar-refractivity contribution in [3.8, 4) is 0 Å². The molecule has 2 rings (SSSR count). The van der Waals surface area contributed by atoms with Gasteiger partial charge in [0.05, 0.1) is 3.79 Å². The zero-order chi connectivity index (χ0) is 13.0. The SMILES string of the molecule is C[C@H]1C[C@@H](C(=O)NCCc2ccc(Br)s2)CCN1.Cl. The van der Waals surface area contributed by atoms with E-state index in [1.807, 2.05) is 0 Å². The minimum absolute atomic E-state index is 0. The lowest BCUT2D eigenvalue weighted by atomic mass is 9.92. The molecule has 1 aromatic heterocycles. The Balaban J connectivity index is 0.00000180. The summed E-state index contributed by atoms with van der Waals surface area (Å²) in [6.07, 6.45) is 2.83. The Morgan fingerprint density at radius 3 is 3.00 bits per heavy atom. The monoisotopic (exact) mass is 366 g/mol. The number of hydrogen-bond acceptors (Lipinski definition) is 3. The molecule has 1 aliphatic heterocycles. The fraction of sp³-hybridized carbons (Fsp3) is 0.615. The van der Waals surface area contributed by atoms with E-state index in [0.29, 0.717) is 6.04 Å². The third-order valence-corrected chi connectivity index (χ3v) is 4.98. The third-order valence-electron chi connectivity index (χ3n) is 3.29. The van der Waals surface area contributed by atoms with Gasteiger partial charge in [0.15, 0.2) is 0 Å². The molecule has 1 aliphatic rings. The second kappa shape index (κ2) is 8.25. The average molecular weight is 368 g/mol. The van der Waals surface area contributed by atoms with E-state index in [1.54, 1.807) is 11.3 Å². The second-order valence-corrected chi connectivity index (χ2v) is 7.37. The van der Waals surface area contributed by atoms with Crippen LogP contribution in [-0.4, -0.2) is 25.0 Å². The van der Waals surface area contributed by atoms with Gasteiger partial charge in [0, 0.05) is 23.4 Å². The molecule has 2 N–H and O–H groups in total. The number of amides is 1. The minimum atomic E-state index is 0. The summed E-state index contributed by atoms with van der Waals surface area (Å²) in [5.74, 6) is 0.412. The number of rotatable bonds is 4. The molecule has 0 bridgehead atoms. The van der Waals surface area contributed by atoms with Crippen molar-refractivity contribution in [1.29, 1.82) is 0 Å². The van der Waals surface area contributed by atoms with Crippen LogP contribution >= 0.6 is 39.7 Å². The molecule has 1 fully saturated rings. The smallest absolute Gasteiger partial charge is 0.223 e. The Hall–Kier alpha value is -0.100. The Labute approximate surface area is 133 Å².